The van der Waals surface area contributed by atoms with Crippen molar-refractivity contribution in [2.75, 3.05) is 6.61 Å². The van der Waals surface area contributed by atoms with E-state index >= 15 is 0 Å². The molecule has 106 valence electrons. The van der Waals surface area contributed by atoms with Gasteiger partial charge in [-0.2, -0.15) is 0 Å². The maximum Gasteiger partial charge on any atom is 0.343 e. The second kappa shape index (κ2) is 5.46. The van der Waals surface area contributed by atoms with Crippen LogP contribution in [-0.4, -0.2) is 34.2 Å². The minimum atomic E-state index is -1.80. The first kappa shape index (κ1) is 14.3. The van der Waals surface area contributed by atoms with Crippen LogP contribution in [-0.2, 0) is 16.0 Å². The minimum absolute atomic E-state index is 0.0507. The third-order valence-electron chi connectivity index (χ3n) is 3.10. The molecule has 5 heteroatoms. The van der Waals surface area contributed by atoms with Gasteiger partial charge in [-0.1, -0.05) is 30.3 Å². The van der Waals surface area contributed by atoms with Crippen LogP contribution in [0.1, 0.15) is 19.4 Å². The largest absolute Gasteiger partial charge is 0.506 e. The van der Waals surface area contributed by atoms with Crippen LogP contribution in [0.4, 0.5) is 0 Å². The SMILES string of the molecule is CCOC(=O)C1=C(O)C(O)(Cc2ccccc2)N=C1C. The van der Waals surface area contributed by atoms with Gasteiger partial charge in [0.15, 0.2) is 5.76 Å². The number of hydrogen-bond donors (Lipinski definition) is 2. The Morgan fingerprint density at radius 2 is 2.00 bits per heavy atom. The molecule has 2 N–H and O–H groups in total. The molecule has 0 saturated carbocycles. The van der Waals surface area contributed by atoms with Crippen molar-refractivity contribution in [1.82, 2.24) is 0 Å². The Kier molecular flexibility index (Phi) is 3.90. The van der Waals surface area contributed by atoms with E-state index in [2.05, 4.69) is 4.99 Å². The third kappa shape index (κ3) is 2.58. The molecular weight excluding hydrogens is 258 g/mol. The number of aliphatic hydroxyl groups is 2. The molecule has 1 unspecified atom stereocenters. The van der Waals surface area contributed by atoms with Crippen LogP contribution in [0.15, 0.2) is 46.7 Å². The molecule has 20 heavy (non-hydrogen) atoms. The summed E-state index contributed by atoms with van der Waals surface area (Å²) in [5, 5.41) is 20.6. The molecule has 1 aliphatic rings. The van der Waals surface area contributed by atoms with E-state index in [1.54, 1.807) is 13.8 Å². The number of esters is 1. The van der Waals surface area contributed by atoms with Crippen LogP contribution in [0, 0.1) is 0 Å². The van der Waals surface area contributed by atoms with Gasteiger partial charge in [0.1, 0.15) is 5.57 Å². The van der Waals surface area contributed by atoms with Crippen LogP contribution in [0.5, 0.6) is 0 Å². The molecule has 0 aromatic heterocycles. The quantitative estimate of drug-likeness (QED) is 0.821. The van der Waals surface area contributed by atoms with Gasteiger partial charge in [0.2, 0.25) is 5.72 Å². The Hall–Kier alpha value is -2.14. The summed E-state index contributed by atoms with van der Waals surface area (Å²) >= 11 is 0. The number of nitrogens with zero attached hydrogens (tertiary/aromatic N) is 1. The molecule has 2 rings (SSSR count). The Morgan fingerprint density at radius 3 is 2.60 bits per heavy atom. The van der Waals surface area contributed by atoms with Crippen molar-refractivity contribution >= 4 is 11.7 Å². The smallest absolute Gasteiger partial charge is 0.343 e. The van der Waals surface area contributed by atoms with Crippen LogP contribution in [0.25, 0.3) is 0 Å². The molecule has 1 aromatic rings. The molecule has 0 aliphatic carbocycles. The highest BCUT2D eigenvalue weighted by molar-refractivity contribution is 6.20. The van der Waals surface area contributed by atoms with Gasteiger partial charge in [-0.3, -0.25) is 0 Å². The van der Waals surface area contributed by atoms with Crippen molar-refractivity contribution < 1.29 is 19.7 Å². The predicted octanol–water partition coefficient (Wildman–Crippen LogP) is 1.77. The van der Waals surface area contributed by atoms with Crippen molar-refractivity contribution in [2.45, 2.75) is 26.0 Å². The number of aliphatic imine (C=N–C) groups is 1. The predicted molar refractivity (Wildman–Crippen MR) is 74.5 cm³/mol. The van der Waals surface area contributed by atoms with Gasteiger partial charge in [0.05, 0.1) is 12.3 Å². The monoisotopic (exact) mass is 275 g/mol. The summed E-state index contributed by atoms with van der Waals surface area (Å²) in [6, 6.07) is 9.15. The molecule has 1 heterocycles. The molecule has 0 fully saturated rings. The lowest BCUT2D eigenvalue weighted by molar-refractivity contribution is -0.138. The average molecular weight is 275 g/mol. The zero-order chi connectivity index (χ0) is 14.8. The summed E-state index contributed by atoms with van der Waals surface area (Å²) in [6.45, 7) is 3.43. The fourth-order valence-electron chi connectivity index (χ4n) is 2.21. The van der Waals surface area contributed by atoms with Crippen LogP contribution in [0.3, 0.4) is 0 Å². The van der Waals surface area contributed by atoms with E-state index in [1.807, 2.05) is 30.3 Å². The van der Waals surface area contributed by atoms with Gasteiger partial charge in [0.25, 0.3) is 0 Å². The van der Waals surface area contributed by atoms with E-state index in [0.717, 1.165) is 5.56 Å². The third-order valence-corrected chi connectivity index (χ3v) is 3.10. The fraction of sp³-hybridized carbons (Fsp3) is 0.333. The summed E-state index contributed by atoms with van der Waals surface area (Å²) in [5.41, 5.74) is -0.763. The molecule has 0 bridgehead atoms. The maximum atomic E-state index is 11.8. The molecular formula is C15H17NO4. The van der Waals surface area contributed by atoms with Gasteiger partial charge < -0.3 is 14.9 Å². The van der Waals surface area contributed by atoms with Crippen molar-refractivity contribution in [1.29, 1.82) is 0 Å². The summed E-state index contributed by atoms with van der Waals surface area (Å²) in [6.07, 6.45) is 0.0971. The number of hydrogen-bond acceptors (Lipinski definition) is 5. The molecule has 5 nitrogen and oxygen atoms in total. The van der Waals surface area contributed by atoms with Crippen LogP contribution in [0.2, 0.25) is 0 Å². The highest BCUT2D eigenvalue weighted by Gasteiger charge is 2.42. The Labute approximate surface area is 117 Å². The Balaban J connectivity index is 2.32. The van der Waals surface area contributed by atoms with Gasteiger partial charge in [-0.15, -0.1) is 0 Å². The Morgan fingerprint density at radius 1 is 1.35 bits per heavy atom. The van der Waals surface area contributed by atoms with Crippen molar-refractivity contribution in [3.05, 3.63) is 47.2 Å². The Bertz CT molecular complexity index is 577. The second-order valence-corrected chi connectivity index (χ2v) is 4.62. The van der Waals surface area contributed by atoms with Crippen molar-refractivity contribution in [3.63, 3.8) is 0 Å². The molecule has 1 aliphatic heterocycles. The van der Waals surface area contributed by atoms with E-state index in [4.69, 9.17) is 4.74 Å². The van der Waals surface area contributed by atoms with E-state index in [0.29, 0.717) is 0 Å². The van der Waals surface area contributed by atoms with Gasteiger partial charge in [-0.25, -0.2) is 9.79 Å². The second-order valence-electron chi connectivity index (χ2n) is 4.62. The topological polar surface area (TPSA) is 79.1 Å². The number of aliphatic hydroxyl groups excluding tert-OH is 1. The van der Waals surface area contributed by atoms with E-state index in [1.165, 1.54) is 0 Å². The number of carbonyl (C=O) groups is 1. The molecule has 1 atom stereocenters. The first-order chi connectivity index (χ1) is 9.48. The highest BCUT2D eigenvalue weighted by Crippen LogP contribution is 2.32. The van der Waals surface area contributed by atoms with Crippen molar-refractivity contribution in [3.8, 4) is 0 Å². The first-order valence-corrected chi connectivity index (χ1v) is 6.42. The zero-order valence-electron chi connectivity index (χ0n) is 11.5. The highest BCUT2D eigenvalue weighted by atomic mass is 16.5. The molecule has 1 aromatic carbocycles. The number of ether oxygens (including phenoxy) is 1. The molecule has 0 saturated heterocycles. The summed E-state index contributed by atoms with van der Waals surface area (Å²) in [5.74, 6) is -1.12. The van der Waals surface area contributed by atoms with E-state index < -0.39 is 17.5 Å². The fourth-order valence-corrected chi connectivity index (χ4v) is 2.21. The summed E-state index contributed by atoms with van der Waals surface area (Å²) in [4.78, 5) is 15.8. The van der Waals surface area contributed by atoms with Gasteiger partial charge in [-0.05, 0) is 19.4 Å². The zero-order valence-corrected chi connectivity index (χ0v) is 11.5. The minimum Gasteiger partial charge on any atom is -0.506 e. The molecule has 0 amide bonds. The lowest BCUT2D eigenvalue weighted by atomic mass is 10.0. The first-order valence-electron chi connectivity index (χ1n) is 6.42. The van der Waals surface area contributed by atoms with E-state index in [9.17, 15) is 15.0 Å². The van der Waals surface area contributed by atoms with Crippen LogP contribution >= 0.6 is 0 Å². The number of rotatable bonds is 4. The average Bonchev–Trinajstić information content (AvgIpc) is 2.61. The van der Waals surface area contributed by atoms with Crippen LogP contribution < -0.4 is 0 Å². The molecule has 0 spiro atoms. The van der Waals surface area contributed by atoms with Gasteiger partial charge >= 0.3 is 5.97 Å². The summed E-state index contributed by atoms with van der Waals surface area (Å²) in [7, 11) is 0. The van der Waals surface area contributed by atoms with Gasteiger partial charge in [0, 0.05) is 6.42 Å². The summed E-state index contributed by atoms with van der Waals surface area (Å²) < 4.78 is 4.86. The van der Waals surface area contributed by atoms with E-state index in [-0.39, 0.29) is 24.3 Å². The lowest BCUT2D eigenvalue weighted by Crippen LogP contribution is -2.30. The normalized spacial score (nSPS) is 21.9. The standard InChI is InChI=1S/C15H17NO4/c1-3-20-14(18)12-10(2)16-15(19,13(12)17)9-11-7-5-4-6-8-11/h4-8,17,19H,3,9H2,1-2H3. The lowest BCUT2D eigenvalue weighted by Gasteiger charge is -2.20. The number of carbonyl (C=O) groups excluding carboxylic acids is 1. The molecule has 0 radical (unpaired) electrons. The number of benzene rings is 1. The van der Waals surface area contributed by atoms with Crippen molar-refractivity contribution in [2.24, 2.45) is 4.99 Å². The maximum absolute atomic E-state index is 11.8.